The molecule has 35 heavy (non-hydrogen) atoms. The van der Waals surface area contributed by atoms with Crippen molar-refractivity contribution in [2.75, 3.05) is 18.0 Å². The highest BCUT2D eigenvalue weighted by molar-refractivity contribution is 6.11. The van der Waals surface area contributed by atoms with E-state index in [9.17, 15) is 9.59 Å². The number of hydrogen-bond donors (Lipinski definition) is 1. The van der Waals surface area contributed by atoms with Crippen molar-refractivity contribution in [2.24, 2.45) is 0 Å². The lowest BCUT2D eigenvalue weighted by atomic mass is 10.1. The molecule has 0 saturated carbocycles. The number of ether oxygens (including phenoxy) is 1. The van der Waals surface area contributed by atoms with Crippen LogP contribution in [0.2, 0.25) is 0 Å². The van der Waals surface area contributed by atoms with E-state index in [-0.39, 0.29) is 18.4 Å². The molecule has 2 aromatic carbocycles. The highest BCUT2D eigenvalue weighted by Gasteiger charge is 2.35. The third-order valence-corrected chi connectivity index (χ3v) is 5.76. The number of amides is 2. The third-order valence-electron chi connectivity index (χ3n) is 5.76. The molecule has 1 N–H and O–H groups in total. The van der Waals surface area contributed by atoms with E-state index in [4.69, 9.17) is 9.84 Å². The van der Waals surface area contributed by atoms with Gasteiger partial charge in [0.1, 0.15) is 11.4 Å². The molecule has 0 radical (unpaired) electrons. The number of fused-ring (bicyclic) bond motifs is 1. The van der Waals surface area contributed by atoms with Gasteiger partial charge in [0.15, 0.2) is 6.10 Å². The maximum atomic E-state index is 14.0. The molecule has 0 fully saturated rings. The van der Waals surface area contributed by atoms with E-state index in [1.807, 2.05) is 67.6 Å². The first-order valence-electron chi connectivity index (χ1n) is 11.6. The van der Waals surface area contributed by atoms with Gasteiger partial charge in [0.2, 0.25) is 0 Å². The SMILES string of the molecule is CCCNC(=O)C1CN(C(=O)c2cn(-c3ccccc3)nc2-c2cccnc2)c2ccccc2O1. The summed E-state index contributed by atoms with van der Waals surface area (Å²) in [4.78, 5) is 32.6. The molecule has 5 rings (SSSR count). The molecule has 176 valence electrons. The molecule has 1 aliphatic heterocycles. The lowest BCUT2D eigenvalue weighted by molar-refractivity contribution is -0.127. The second kappa shape index (κ2) is 9.80. The Morgan fingerprint density at radius 2 is 1.86 bits per heavy atom. The van der Waals surface area contributed by atoms with Crippen LogP contribution in [-0.4, -0.2) is 45.8 Å². The van der Waals surface area contributed by atoms with Crippen LogP contribution < -0.4 is 15.0 Å². The van der Waals surface area contributed by atoms with Gasteiger partial charge in [-0.3, -0.25) is 14.6 Å². The van der Waals surface area contributed by atoms with Gasteiger partial charge in [-0.05, 0) is 42.8 Å². The second-order valence-electron chi connectivity index (χ2n) is 8.19. The fraction of sp³-hybridized carbons (Fsp3) is 0.185. The van der Waals surface area contributed by atoms with Crippen LogP contribution in [0.4, 0.5) is 5.69 Å². The number of nitrogens with one attached hydrogen (secondary N) is 1. The van der Waals surface area contributed by atoms with Gasteiger partial charge in [0, 0.05) is 30.7 Å². The number of nitrogens with zero attached hydrogens (tertiary/aromatic N) is 4. The number of carbonyl (C=O) groups is 2. The first-order valence-corrected chi connectivity index (χ1v) is 11.6. The van der Waals surface area contributed by atoms with Gasteiger partial charge in [-0.2, -0.15) is 5.10 Å². The molecule has 4 aromatic rings. The molecule has 8 nitrogen and oxygen atoms in total. The van der Waals surface area contributed by atoms with E-state index in [1.54, 1.807) is 34.2 Å². The van der Waals surface area contributed by atoms with Crippen LogP contribution in [0.1, 0.15) is 23.7 Å². The van der Waals surface area contributed by atoms with Gasteiger partial charge >= 0.3 is 0 Å². The lowest BCUT2D eigenvalue weighted by Crippen LogP contribution is -2.50. The number of para-hydroxylation sites is 3. The summed E-state index contributed by atoms with van der Waals surface area (Å²) < 4.78 is 7.65. The summed E-state index contributed by atoms with van der Waals surface area (Å²) in [6.45, 7) is 2.62. The van der Waals surface area contributed by atoms with Crippen LogP contribution in [-0.2, 0) is 4.79 Å². The zero-order valence-corrected chi connectivity index (χ0v) is 19.3. The smallest absolute Gasteiger partial charge is 0.262 e. The minimum atomic E-state index is -0.814. The Labute approximate surface area is 203 Å². The Morgan fingerprint density at radius 1 is 1.06 bits per heavy atom. The molecule has 1 aliphatic rings. The second-order valence-corrected chi connectivity index (χ2v) is 8.19. The van der Waals surface area contributed by atoms with E-state index >= 15 is 0 Å². The zero-order valence-electron chi connectivity index (χ0n) is 19.3. The number of rotatable bonds is 6. The standard InChI is InChI=1S/C27H25N5O3/c1-2-14-29-26(33)24-18-31(22-12-6-7-13-23(22)35-24)27(34)21-17-32(20-10-4-3-5-11-20)30-25(21)19-9-8-15-28-16-19/h3-13,15-17,24H,2,14,18H2,1H3,(H,29,33). The van der Waals surface area contributed by atoms with Crippen molar-refractivity contribution >= 4 is 17.5 Å². The topological polar surface area (TPSA) is 89.4 Å². The number of aromatic nitrogens is 3. The highest BCUT2D eigenvalue weighted by atomic mass is 16.5. The zero-order chi connectivity index (χ0) is 24.2. The number of carbonyl (C=O) groups excluding carboxylic acids is 2. The summed E-state index contributed by atoms with van der Waals surface area (Å²) in [5.41, 5.74) is 3.09. The summed E-state index contributed by atoms with van der Waals surface area (Å²) in [6.07, 6.45) is 5.08. The Kier molecular flexibility index (Phi) is 6.26. The Bertz CT molecular complexity index is 1340. The fourth-order valence-corrected chi connectivity index (χ4v) is 4.03. The van der Waals surface area contributed by atoms with E-state index in [2.05, 4.69) is 10.3 Å². The molecule has 0 bridgehead atoms. The van der Waals surface area contributed by atoms with Crippen molar-refractivity contribution in [1.29, 1.82) is 0 Å². The van der Waals surface area contributed by atoms with Gasteiger partial charge in [0.05, 0.1) is 23.5 Å². The summed E-state index contributed by atoms with van der Waals surface area (Å²) >= 11 is 0. The predicted molar refractivity (Wildman–Crippen MR) is 133 cm³/mol. The average molecular weight is 468 g/mol. The van der Waals surface area contributed by atoms with E-state index < -0.39 is 6.10 Å². The van der Waals surface area contributed by atoms with Gasteiger partial charge in [0.25, 0.3) is 11.8 Å². The highest BCUT2D eigenvalue weighted by Crippen LogP contribution is 2.35. The first kappa shape index (κ1) is 22.3. The molecule has 0 aliphatic carbocycles. The molecule has 3 heterocycles. The molecule has 1 unspecified atom stereocenters. The van der Waals surface area contributed by atoms with Crippen molar-refractivity contribution in [3.05, 3.63) is 90.9 Å². The molecular formula is C27H25N5O3. The largest absolute Gasteiger partial charge is 0.477 e. The van der Waals surface area contributed by atoms with Crippen molar-refractivity contribution in [3.63, 3.8) is 0 Å². The van der Waals surface area contributed by atoms with Crippen molar-refractivity contribution in [2.45, 2.75) is 19.4 Å². The number of anilines is 1. The quantitative estimate of drug-likeness (QED) is 0.465. The normalized spacial score (nSPS) is 14.7. The molecule has 0 spiro atoms. The Hall–Kier alpha value is -4.46. The Balaban J connectivity index is 1.57. The fourth-order valence-electron chi connectivity index (χ4n) is 4.03. The summed E-state index contributed by atoms with van der Waals surface area (Å²) in [5.74, 6) is -0.0242. The molecule has 2 aromatic heterocycles. The minimum absolute atomic E-state index is 0.0917. The van der Waals surface area contributed by atoms with Crippen LogP contribution >= 0.6 is 0 Å². The first-order chi connectivity index (χ1) is 17.2. The average Bonchev–Trinajstić information content (AvgIpc) is 3.37. The number of pyridine rings is 1. The van der Waals surface area contributed by atoms with Crippen LogP contribution in [0.5, 0.6) is 5.75 Å². The summed E-state index contributed by atoms with van der Waals surface area (Å²) in [5, 5.41) is 7.60. The summed E-state index contributed by atoms with van der Waals surface area (Å²) in [6, 6.07) is 20.5. The van der Waals surface area contributed by atoms with E-state index in [0.29, 0.717) is 29.2 Å². The van der Waals surface area contributed by atoms with E-state index in [0.717, 1.165) is 17.7 Å². The van der Waals surface area contributed by atoms with Gasteiger partial charge in [-0.1, -0.05) is 37.3 Å². The van der Waals surface area contributed by atoms with Gasteiger partial charge in [-0.15, -0.1) is 0 Å². The summed E-state index contributed by atoms with van der Waals surface area (Å²) in [7, 11) is 0. The van der Waals surface area contributed by atoms with Crippen molar-refractivity contribution < 1.29 is 14.3 Å². The maximum Gasteiger partial charge on any atom is 0.262 e. The maximum absolute atomic E-state index is 14.0. The third kappa shape index (κ3) is 4.50. The van der Waals surface area contributed by atoms with E-state index in [1.165, 1.54) is 0 Å². The van der Waals surface area contributed by atoms with Gasteiger partial charge in [-0.25, -0.2) is 4.68 Å². The van der Waals surface area contributed by atoms with Crippen molar-refractivity contribution in [3.8, 4) is 22.7 Å². The van der Waals surface area contributed by atoms with Crippen LogP contribution in [0.3, 0.4) is 0 Å². The monoisotopic (exact) mass is 467 g/mol. The molecule has 0 saturated heterocycles. The molecular weight excluding hydrogens is 442 g/mol. The van der Waals surface area contributed by atoms with Crippen molar-refractivity contribution in [1.82, 2.24) is 20.1 Å². The van der Waals surface area contributed by atoms with Gasteiger partial charge < -0.3 is 15.0 Å². The number of benzene rings is 2. The Morgan fingerprint density at radius 3 is 2.63 bits per heavy atom. The van der Waals surface area contributed by atoms with Crippen LogP contribution in [0.15, 0.2) is 85.3 Å². The molecule has 1 atom stereocenters. The number of hydrogen-bond acceptors (Lipinski definition) is 5. The lowest BCUT2D eigenvalue weighted by Gasteiger charge is -2.34. The van der Waals surface area contributed by atoms with Crippen LogP contribution in [0, 0.1) is 0 Å². The molecule has 2 amide bonds. The van der Waals surface area contributed by atoms with Crippen LogP contribution in [0.25, 0.3) is 16.9 Å². The predicted octanol–water partition coefficient (Wildman–Crippen LogP) is 3.87. The minimum Gasteiger partial charge on any atom is -0.477 e. The molecule has 8 heteroatoms.